The van der Waals surface area contributed by atoms with Gasteiger partial charge in [-0.2, -0.15) is 0 Å². The number of hydrogen-bond donors (Lipinski definition) is 1. The molecule has 25 heavy (non-hydrogen) atoms. The Morgan fingerprint density at radius 1 is 1.16 bits per heavy atom. The molecule has 1 aromatic rings. The Morgan fingerprint density at radius 2 is 1.84 bits per heavy atom. The molecule has 0 saturated heterocycles. The molecular weight excluding hydrogens is 314 g/mol. The Morgan fingerprint density at radius 3 is 2.40 bits per heavy atom. The van der Waals surface area contributed by atoms with Crippen LogP contribution in [0.2, 0.25) is 0 Å². The van der Waals surface area contributed by atoms with Gasteiger partial charge in [-0.25, -0.2) is 0 Å². The largest absolute Gasteiger partial charge is 0.493 e. The van der Waals surface area contributed by atoms with E-state index >= 15 is 0 Å². The molecule has 0 saturated carbocycles. The van der Waals surface area contributed by atoms with Crippen molar-refractivity contribution in [1.29, 1.82) is 0 Å². The van der Waals surface area contributed by atoms with E-state index in [2.05, 4.69) is 51.0 Å². The summed E-state index contributed by atoms with van der Waals surface area (Å²) in [7, 11) is 5.42. The Bertz CT molecular complexity index is 556. The highest BCUT2D eigenvalue weighted by atomic mass is 16.5. The van der Waals surface area contributed by atoms with Gasteiger partial charge < -0.3 is 19.7 Å². The molecule has 0 amide bonds. The Hall–Kier alpha value is -1.91. The number of nitrogens with zero attached hydrogens (tertiary/aromatic N) is 2. The van der Waals surface area contributed by atoms with E-state index in [1.807, 2.05) is 12.1 Å². The molecule has 0 bridgehead atoms. The standard InChI is InChI=1S/C20H35N3O2/c1-8-10-13-23(5)19(21-9-2)22-15-20(3,4)16-11-12-17(24-6)18(14-16)25-7/h11-12,14H,8-10,13,15H2,1-7H3,(H,21,22). The lowest BCUT2D eigenvalue weighted by Gasteiger charge is -2.27. The molecule has 0 unspecified atom stereocenters. The molecule has 142 valence electrons. The van der Waals surface area contributed by atoms with E-state index in [1.165, 1.54) is 18.4 Å². The number of ether oxygens (including phenoxy) is 2. The minimum Gasteiger partial charge on any atom is -0.493 e. The first-order valence-electron chi connectivity index (χ1n) is 9.11. The van der Waals surface area contributed by atoms with E-state index in [0.29, 0.717) is 6.54 Å². The van der Waals surface area contributed by atoms with Crippen molar-refractivity contribution in [2.45, 2.75) is 46.0 Å². The summed E-state index contributed by atoms with van der Waals surface area (Å²) in [6.07, 6.45) is 2.35. The van der Waals surface area contributed by atoms with Crippen molar-refractivity contribution in [1.82, 2.24) is 10.2 Å². The maximum atomic E-state index is 5.44. The van der Waals surface area contributed by atoms with Crippen molar-refractivity contribution >= 4 is 5.96 Å². The Labute approximate surface area is 153 Å². The predicted octanol–water partition coefficient (Wildman–Crippen LogP) is 3.68. The number of benzene rings is 1. The zero-order valence-electron chi connectivity index (χ0n) is 17.0. The minimum atomic E-state index is -0.105. The van der Waals surface area contributed by atoms with E-state index in [4.69, 9.17) is 14.5 Å². The summed E-state index contributed by atoms with van der Waals surface area (Å²) in [6, 6.07) is 6.09. The van der Waals surface area contributed by atoms with Crippen LogP contribution in [0, 0.1) is 0 Å². The minimum absolute atomic E-state index is 0.105. The third-order valence-corrected chi connectivity index (χ3v) is 4.33. The maximum absolute atomic E-state index is 5.44. The molecule has 0 fully saturated rings. The summed E-state index contributed by atoms with van der Waals surface area (Å²) in [5.74, 6) is 2.46. The topological polar surface area (TPSA) is 46.1 Å². The third kappa shape index (κ3) is 6.15. The van der Waals surface area contributed by atoms with Crippen LogP contribution < -0.4 is 14.8 Å². The van der Waals surface area contributed by atoms with Crippen molar-refractivity contribution in [3.63, 3.8) is 0 Å². The van der Waals surface area contributed by atoms with E-state index < -0.39 is 0 Å². The molecule has 0 aliphatic rings. The van der Waals surface area contributed by atoms with Crippen molar-refractivity contribution in [2.75, 3.05) is 40.9 Å². The molecular formula is C20H35N3O2. The van der Waals surface area contributed by atoms with Gasteiger partial charge in [-0.3, -0.25) is 4.99 Å². The maximum Gasteiger partial charge on any atom is 0.193 e. The first-order chi connectivity index (χ1) is 11.9. The van der Waals surface area contributed by atoms with Crippen LogP contribution in [0.5, 0.6) is 11.5 Å². The lowest BCUT2D eigenvalue weighted by Crippen LogP contribution is -2.40. The summed E-state index contributed by atoms with van der Waals surface area (Å²) in [6.45, 7) is 11.3. The number of aliphatic imine (C=N–C) groups is 1. The van der Waals surface area contributed by atoms with Gasteiger partial charge >= 0.3 is 0 Å². The molecule has 1 rings (SSSR count). The fourth-order valence-corrected chi connectivity index (χ4v) is 2.59. The van der Waals surface area contributed by atoms with Gasteiger partial charge in [0.05, 0.1) is 20.8 Å². The third-order valence-electron chi connectivity index (χ3n) is 4.33. The monoisotopic (exact) mass is 349 g/mol. The first kappa shape index (κ1) is 21.1. The molecule has 0 radical (unpaired) electrons. The van der Waals surface area contributed by atoms with Crippen LogP contribution in [-0.4, -0.2) is 51.8 Å². The van der Waals surface area contributed by atoms with E-state index in [9.17, 15) is 0 Å². The van der Waals surface area contributed by atoms with Crippen LogP contribution in [0.3, 0.4) is 0 Å². The molecule has 0 spiro atoms. The molecule has 1 aromatic carbocycles. The van der Waals surface area contributed by atoms with E-state index in [-0.39, 0.29) is 5.41 Å². The average Bonchev–Trinajstić information content (AvgIpc) is 2.62. The number of nitrogens with one attached hydrogen (secondary N) is 1. The van der Waals surface area contributed by atoms with Crippen molar-refractivity contribution in [2.24, 2.45) is 4.99 Å². The number of unbranched alkanes of at least 4 members (excludes halogenated alkanes) is 1. The van der Waals surface area contributed by atoms with Gasteiger partial charge in [-0.05, 0) is 31.0 Å². The van der Waals surface area contributed by atoms with Crippen molar-refractivity contribution in [3.8, 4) is 11.5 Å². The van der Waals surface area contributed by atoms with Crippen LogP contribution >= 0.6 is 0 Å². The smallest absolute Gasteiger partial charge is 0.193 e. The lowest BCUT2D eigenvalue weighted by atomic mass is 9.84. The van der Waals surface area contributed by atoms with Crippen LogP contribution in [0.15, 0.2) is 23.2 Å². The zero-order valence-corrected chi connectivity index (χ0v) is 17.0. The average molecular weight is 350 g/mol. The quantitative estimate of drug-likeness (QED) is 0.546. The van der Waals surface area contributed by atoms with Crippen LogP contribution in [0.1, 0.15) is 46.1 Å². The Balaban J connectivity index is 2.96. The molecule has 0 aliphatic carbocycles. The summed E-state index contributed by atoms with van der Waals surface area (Å²) >= 11 is 0. The van der Waals surface area contributed by atoms with Gasteiger partial charge in [0.25, 0.3) is 0 Å². The van der Waals surface area contributed by atoms with Gasteiger partial charge in [-0.15, -0.1) is 0 Å². The Kier molecular flexibility index (Phi) is 8.59. The summed E-state index contributed by atoms with van der Waals surface area (Å²) in [5, 5.41) is 3.39. The van der Waals surface area contributed by atoms with Crippen molar-refractivity contribution in [3.05, 3.63) is 23.8 Å². The van der Waals surface area contributed by atoms with E-state index in [0.717, 1.165) is 30.5 Å². The number of rotatable bonds is 9. The first-order valence-corrected chi connectivity index (χ1v) is 9.11. The van der Waals surface area contributed by atoms with Crippen LogP contribution in [-0.2, 0) is 5.41 Å². The van der Waals surface area contributed by atoms with Crippen LogP contribution in [0.25, 0.3) is 0 Å². The second kappa shape index (κ2) is 10.2. The van der Waals surface area contributed by atoms with Gasteiger partial charge in [-0.1, -0.05) is 33.3 Å². The fourth-order valence-electron chi connectivity index (χ4n) is 2.59. The second-order valence-electron chi connectivity index (χ2n) is 6.90. The fraction of sp³-hybridized carbons (Fsp3) is 0.650. The summed E-state index contributed by atoms with van der Waals surface area (Å²) in [4.78, 5) is 7.08. The zero-order chi connectivity index (χ0) is 18.9. The van der Waals surface area contributed by atoms with Gasteiger partial charge in [0.15, 0.2) is 17.5 Å². The second-order valence-corrected chi connectivity index (χ2v) is 6.90. The SMILES string of the molecule is CCCCN(C)C(=NCC(C)(C)c1ccc(OC)c(OC)c1)NCC. The molecule has 5 nitrogen and oxygen atoms in total. The summed E-state index contributed by atoms with van der Waals surface area (Å²) in [5.41, 5.74) is 1.08. The highest BCUT2D eigenvalue weighted by molar-refractivity contribution is 5.79. The summed E-state index contributed by atoms with van der Waals surface area (Å²) < 4.78 is 10.8. The number of methoxy groups -OCH3 is 2. The normalized spacial score (nSPS) is 12.0. The molecule has 0 aliphatic heterocycles. The molecule has 5 heteroatoms. The molecule has 0 aromatic heterocycles. The highest BCUT2D eigenvalue weighted by Gasteiger charge is 2.22. The lowest BCUT2D eigenvalue weighted by molar-refractivity contribution is 0.353. The molecule has 1 N–H and O–H groups in total. The van der Waals surface area contributed by atoms with Crippen molar-refractivity contribution < 1.29 is 9.47 Å². The van der Waals surface area contributed by atoms with Gasteiger partial charge in [0, 0.05) is 25.6 Å². The predicted molar refractivity (Wildman–Crippen MR) is 106 cm³/mol. The van der Waals surface area contributed by atoms with Gasteiger partial charge in [0.1, 0.15) is 0 Å². The van der Waals surface area contributed by atoms with Gasteiger partial charge in [0.2, 0.25) is 0 Å². The number of hydrogen-bond acceptors (Lipinski definition) is 3. The number of guanidine groups is 1. The molecule has 0 heterocycles. The van der Waals surface area contributed by atoms with E-state index in [1.54, 1.807) is 14.2 Å². The van der Waals surface area contributed by atoms with Crippen LogP contribution in [0.4, 0.5) is 0 Å². The molecule has 0 atom stereocenters. The highest BCUT2D eigenvalue weighted by Crippen LogP contribution is 2.33.